The lowest BCUT2D eigenvalue weighted by Crippen LogP contribution is -2.23. The molecule has 0 aliphatic heterocycles. The average molecular weight is 208 g/mol. The molecule has 0 fully saturated rings. The minimum absolute atomic E-state index is 0.702. The van der Waals surface area contributed by atoms with Gasteiger partial charge in [0.2, 0.25) is 0 Å². The van der Waals surface area contributed by atoms with Crippen LogP contribution < -0.4 is 15.8 Å². The van der Waals surface area contributed by atoms with Crippen LogP contribution in [0, 0.1) is 6.92 Å². The van der Waals surface area contributed by atoms with Crippen LogP contribution >= 0.6 is 0 Å². The van der Waals surface area contributed by atoms with Crippen molar-refractivity contribution in [1.29, 1.82) is 0 Å². The van der Waals surface area contributed by atoms with Crippen molar-refractivity contribution < 1.29 is 4.74 Å². The Hall–Kier alpha value is -1.06. The van der Waals surface area contributed by atoms with Crippen LogP contribution in [0.25, 0.3) is 0 Å². The van der Waals surface area contributed by atoms with Gasteiger partial charge in [-0.1, -0.05) is 12.1 Å². The molecular weight excluding hydrogens is 188 g/mol. The maximum atomic E-state index is 5.57. The number of rotatable bonds is 7. The number of ether oxygens (including phenoxy) is 1. The Bertz CT molecular complexity index is 276. The molecule has 84 valence electrons. The lowest BCUT2D eigenvalue weighted by atomic mass is 10.2. The fourth-order valence-electron chi connectivity index (χ4n) is 1.30. The SMILES string of the molecule is Cc1cccc(OCCNCCCN)c1. The third kappa shape index (κ3) is 5.40. The molecule has 0 spiro atoms. The van der Waals surface area contributed by atoms with Gasteiger partial charge in [0.25, 0.3) is 0 Å². The largest absolute Gasteiger partial charge is 0.492 e. The van der Waals surface area contributed by atoms with E-state index in [9.17, 15) is 0 Å². The summed E-state index contributed by atoms with van der Waals surface area (Å²) in [5.41, 5.74) is 6.61. The van der Waals surface area contributed by atoms with Crippen LogP contribution in [0.5, 0.6) is 5.75 Å². The van der Waals surface area contributed by atoms with Gasteiger partial charge in [-0.2, -0.15) is 0 Å². The number of aryl methyl sites for hydroxylation is 1. The molecular formula is C12H20N2O. The van der Waals surface area contributed by atoms with E-state index < -0.39 is 0 Å². The number of hydrogen-bond acceptors (Lipinski definition) is 3. The molecule has 0 aliphatic rings. The van der Waals surface area contributed by atoms with Crippen molar-refractivity contribution in [2.75, 3.05) is 26.2 Å². The van der Waals surface area contributed by atoms with E-state index in [0.717, 1.165) is 31.8 Å². The maximum absolute atomic E-state index is 5.57. The van der Waals surface area contributed by atoms with E-state index in [2.05, 4.69) is 18.3 Å². The molecule has 1 aromatic carbocycles. The minimum Gasteiger partial charge on any atom is -0.492 e. The summed E-state index contributed by atoms with van der Waals surface area (Å²) in [6.07, 6.45) is 1.02. The van der Waals surface area contributed by atoms with Crippen molar-refractivity contribution in [2.24, 2.45) is 5.73 Å². The highest BCUT2D eigenvalue weighted by molar-refractivity contribution is 5.27. The van der Waals surface area contributed by atoms with E-state index in [4.69, 9.17) is 10.5 Å². The van der Waals surface area contributed by atoms with Gasteiger partial charge in [-0.3, -0.25) is 0 Å². The Morgan fingerprint density at radius 3 is 2.93 bits per heavy atom. The van der Waals surface area contributed by atoms with E-state index in [0.29, 0.717) is 6.61 Å². The summed E-state index contributed by atoms with van der Waals surface area (Å²) in [6, 6.07) is 8.09. The predicted molar refractivity (Wildman–Crippen MR) is 63.2 cm³/mol. The van der Waals surface area contributed by atoms with Gasteiger partial charge in [-0.25, -0.2) is 0 Å². The van der Waals surface area contributed by atoms with Crippen LogP contribution in [0.4, 0.5) is 0 Å². The fraction of sp³-hybridized carbons (Fsp3) is 0.500. The molecule has 0 radical (unpaired) electrons. The summed E-state index contributed by atoms with van der Waals surface area (Å²) in [7, 11) is 0. The van der Waals surface area contributed by atoms with Crippen molar-refractivity contribution in [3.05, 3.63) is 29.8 Å². The first-order chi connectivity index (χ1) is 7.33. The summed E-state index contributed by atoms with van der Waals surface area (Å²) in [5, 5.41) is 3.27. The van der Waals surface area contributed by atoms with Gasteiger partial charge in [-0.15, -0.1) is 0 Å². The molecule has 0 aliphatic carbocycles. The Kier molecular flexibility index (Phi) is 5.81. The Balaban J connectivity index is 2.10. The highest BCUT2D eigenvalue weighted by atomic mass is 16.5. The molecule has 1 aromatic rings. The van der Waals surface area contributed by atoms with Gasteiger partial charge in [-0.05, 0) is 44.1 Å². The van der Waals surface area contributed by atoms with Gasteiger partial charge in [0.05, 0.1) is 0 Å². The van der Waals surface area contributed by atoms with Crippen molar-refractivity contribution in [2.45, 2.75) is 13.3 Å². The standard InChI is InChI=1S/C12H20N2O/c1-11-4-2-5-12(10-11)15-9-8-14-7-3-6-13/h2,4-5,10,14H,3,6-9,13H2,1H3. The van der Waals surface area contributed by atoms with E-state index in [1.165, 1.54) is 5.56 Å². The minimum atomic E-state index is 0.702. The highest BCUT2D eigenvalue weighted by Gasteiger charge is 1.93. The molecule has 0 amide bonds. The summed E-state index contributed by atoms with van der Waals surface area (Å²) in [6.45, 7) is 5.34. The first kappa shape index (κ1) is 12.0. The molecule has 0 heterocycles. The number of nitrogens with two attached hydrogens (primary N) is 1. The number of nitrogens with one attached hydrogen (secondary N) is 1. The molecule has 0 aromatic heterocycles. The first-order valence-electron chi connectivity index (χ1n) is 5.43. The molecule has 3 N–H and O–H groups in total. The van der Waals surface area contributed by atoms with Gasteiger partial charge < -0.3 is 15.8 Å². The lowest BCUT2D eigenvalue weighted by Gasteiger charge is -2.07. The highest BCUT2D eigenvalue weighted by Crippen LogP contribution is 2.11. The second-order valence-electron chi connectivity index (χ2n) is 3.56. The topological polar surface area (TPSA) is 47.3 Å². The second-order valence-corrected chi connectivity index (χ2v) is 3.56. The zero-order valence-electron chi connectivity index (χ0n) is 9.33. The van der Waals surface area contributed by atoms with Crippen molar-refractivity contribution in [3.63, 3.8) is 0 Å². The van der Waals surface area contributed by atoms with E-state index in [1.54, 1.807) is 0 Å². The lowest BCUT2D eigenvalue weighted by molar-refractivity contribution is 0.314. The van der Waals surface area contributed by atoms with Crippen LogP contribution in [-0.2, 0) is 0 Å². The van der Waals surface area contributed by atoms with E-state index in [-0.39, 0.29) is 0 Å². The summed E-state index contributed by atoms with van der Waals surface area (Å²) in [5.74, 6) is 0.940. The predicted octanol–water partition coefficient (Wildman–Crippen LogP) is 1.31. The van der Waals surface area contributed by atoms with Crippen molar-refractivity contribution in [1.82, 2.24) is 5.32 Å². The molecule has 3 nitrogen and oxygen atoms in total. The Morgan fingerprint density at radius 2 is 2.20 bits per heavy atom. The van der Waals surface area contributed by atoms with Crippen LogP contribution in [0.1, 0.15) is 12.0 Å². The van der Waals surface area contributed by atoms with Crippen LogP contribution in [-0.4, -0.2) is 26.2 Å². The molecule has 0 saturated heterocycles. The molecule has 0 unspecified atom stereocenters. The fourth-order valence-corrected chi connectivity index (χ4v) is 1.30. The Labute approximate surface area is 91.6 Å². The van der Waals surface area contributed by atoms with Gasteiger partial charge in [0, 0.05) is 6.54 Å². The van der Waals surface area contributed by atoms with E-state index >= 15 is 0 Å². The Morgan fingerprint density at radius 1 is 1.33 bits per heavy atom. The molecule has 0 saturated carbocycles. The quantitative estimate of drug-likeness (QED) is 0.664. The summed E-state index contributed by atoms with van der Waals surface area (Å²) >= 11 is 0. The van der Waals surface area contributed by atoms with Crippen LogP contribution in [0.2, 0.25) is 0 Å². The molecule has 1 rings (SSSR count). The third-order valence-electron chi connectivity index (χ3n) is 2.09. The zero-order chi connectivity index (χ0) is 10.9. The van der Waals surface area contributed by atoms with Crippen LogP contribution in [0.3, 0.4) is 0 Å². The van der Waals surface area contributed by atoms with Gasteiger partial charge in [0.1, 0.15) is 12.4 Å². The normalized spacial score (nSPS) is 10.3. The molecule has 0 atom stereocenters. The smallest absolute Gasteiger partial charge is 0.119 e. The molecule has 0 bridgehead atoms. The van der Waals surface area contributed by atoms with Crippen molar-refractivity contribution in [3.8, 4) is 5.75 Å². The molecule has 3 heteroatoms. The van der Waals surface area contributed by atoms with E-state index in [1.807, 2.05) is 18.2 Å². The van der Waals surface area contributed by atoms with Gasteiger partial charge >= 0.3 is 0 Å². The molecule has 15 heavy (non-hydrogen) atoms. The summed E-state index contributed by atoms with van der Waals surface area (Å²) in [4.78, 5) is 0. The second kappa shape index (κ2) is 7.26. The third-order valence-corrected chi connectivity index (χ3v) is 2.09. The monoisotopic (exact) mass is 208 g/mol. The maximum Gasteiger partial charge on any atom is 0.119 e. The number of hydrogen-bond donors (Lipinski definition) is 2. The summed E-state index contributed by atoms with van der Waals surface area (Å²) < 4.78 is 5.57. The number of benzene rings is 1. The van der Waals surface area contributed by atoms with Crippen molar-refractivity contribution >= 4 is 0 Å². The van der Waals surface area contributed by atoms with Crippen LogP contribution in [0.15, 0.2) is 24.3 Å². The first-order valence-corrected chi connectivity index (χ1v) is 5.43. The average Bonchev–Trinajstić information content (AvgIpc) is 2.23. The zero-order valence-corrected chi connectivity index (χ0v) is 9.33. The van der Waals surface area contributed by atoms with Gasteiger partial charge in [0.15, 0.2) is 0 Å².